The Hall–Kier alpha value is -1.69. The molecule has 18 heavy (non-hydrogen) atoms. The van der Waals surface area contributed by atoms with Crippen LogP contribution < -0.4 is 5.32 Å². The van der Waals surface area contributed by atoms with Gasteiger partial charge in [-0.2, -0.15) is 0 Å². The SMILES string of the molecule is Cc1nc2cc(NCC(C)C)c([N+](=O)[O-])cc2s1. The van der Waals surface area contributed by atoms with E-state index in [0.29, 0.717) is 18.2 Å². The van der Waals surface area contributed by atoms with Crippen molar-refractivity contribution in [1.82, 2.24) is 4.98 Å². The van der Waals surface area contributed by atoms with Crippen LogP contribution in [-0.2, 0) is 0 Å². The third-order valence-corrected chi connectivity index (χ3v) is 3.44. The maximum Gasteiger partial charge on any atom is 0.293 e. The highest BCUT2D eigenvalue weighted by atomic mass is 32.1. The highest BCUT2D eigenvalue weighted by Crippen LogP contribution is 2.32. The number of nitro benzene ring substituents is 1. The Balaban J connectivity index is 2.47. The highest BCUT2D eigenvalue weighted by molar-refractivity contribution is 7.18. The maximum absolute atomic E-state index is 11.1. The van der Waals surface area contributed by atoms with Gasteiger partial charge in [0.15, 0.2) is 0 Å². The number of aryl methyl sites for hydroxylation is 1. The molecule has 0 aliphatic carbocycles. The van der Waals surface area contributed by atoms with Crippen LogP contribution in [0.3, 0.4) is 0 Å². The molecule has 0 fully saturated rings. The van der Waals surface area contributed by atoms with E-state index >= 15 is 0 Å². The third-order valence-electron chi connectivity index (χ3n) is 2.51. The Kier molecular flexibility index (Phi) is 3.47. The smallest absolute Gasteiger partial charge is 0.293 e. The molecule has 96 valence electrons. The average molecular weight is 265 g/mol. The van der Waals surface area contributed by atoms with Crippen LogP contribution in [0.2, 0.25) is 0 Å². The van der Waals surface area contributed by atoms with E-state index in [2.05, 4.69) is 24.1 Å². The molecule has 0 aliphatic rings. The topological polar surface area (TPSA) is 68.1 Å². The fraction of sp³-hybridized carbons (Fsp3) is 0.417. The molecular weight excluding hydrogens is 250 g/mol. The zero-order chi connectivity index (χ0) is 13.3. The summed E-state index contributed by atoms with van der Waals surface area (Å²) in [5, 5.41) is 15.1. The first-order valence-corrected chi connectivity index (χ1v) is 6.58. The van der Waals surface area contributed by atoms with Gasteiger partial charge in [0, 0.05) is 12.6 Å². The Morgan fingerprint density at radius 3 is 2.83 bits per heavy atom. The van der Waals surface area contributed by atoms with Gasteiger partial charge in [-0.3, -0.25) is 10.1 Å². The van der Waals surface area contributed by atoms with Crippen molar-refractivity contribution in [3.05, 3.63) is 27.3 Å². The Morgan fingerprint density at radius 1 is 1.50 bits per heavy atom. The van der Waals surface area contributed by atoms with Crippen molar-refractivity contribution in [2.45, 2.75) is 20.8 Å². The number of anilines is 1. The quantitative estimate of drug-likeness (QED) is 0.677. The highest BCUT2D eigenvalue weighted by Gasteiger charge is 2.17. The number of aromatic nitrogens is 1. The van der Waals surface area contributed by atoms with E-state index in [1.807, 2.05) is 6.92 Å². The molecule has 1 heterocycles. The summed E-state index contributed by atoms with van der Waals surface area (Å²) in [7, 11) is 0. The molecule has 0 unspecified atom stereocenters. The number of thiazole rings is 1. The van der Waals surface area contributed by atoms with E-state index in [4.69, 9.17) is 0 Å². The molecule has 6 heteroatoms. The minimum Gasteiger partial charge on any atom is -0.379 e. The number of benzene rings is 1. The van der Waals surface area contributed by atoms with Gasteiger partial charge in [-0.25, -0.2) is 4.98 Å². The molecule has 0 spiro atoms. The zero-order valence-corrected chi connectivity index (χ0v) is 11.4. The molecule has 2 rings (SSSR count). The Bertz CT molecular complexity index is 592. The van der Waals surface area contributed by atoms with Gasteiger partial charge >= 0.3 is 0 Å². The monoisotopic (exact) mass is 265 g/mol. The zero-order valence-electron chi connectivity index (χ0n) is 10.6. The van der Waals surface area contributed by atoms with Gasteiger partial charge in [0.2, 0.25) is 0 Å². The minimum atomic E-state index is -0.350. The summed E-state index contributed by atoms with van der Waals surface area (Å²) in [5.41, 5.74) is 1.48. The normalized spacial score (nSPS) is 11.1. The Morgan fingerprint density at radius 2 is 2.22 bits per heavy atom. The van der Waals surface area contributed by atoms with Gasteiger partial charge < -0.3 is 5.32 Å². The van der Waals surface area contributed by atoms with Crippen LogP contribution in [0.5, 0.6) is 0 Å². The predicted molar refractivity (Wildman–Crippen MR) is 74.3 cm³/mol. The largest absolute Gasteiger partial charge is 0.379 e. The number of nitrogens with zero attached hydrogens (tertiary/aromatic N) is 2. The summed E-state index contributed by atoms with van der Waals surface area (Å²) in [6.07, 6.45) is 0. The number of hydrogen-bond donors (Lipinski definition) is 1. The van der Waals surface area contributed by atoms with E-state index in [-0.39, 0.29) is 10.6 Å². The van der Waals surface area contributed by atoms with Gasteiger partial charge in [0.25, 0.3) is 5.69 Å². The van der Waals surface area contributed by atoms with Crippen LogP contribution in [0, 0.1) is 23.0 Å². The van der Waals surface area contributed by atoms with Crippen LogP contribution in [0.4, 0.5) is 11.4 Å². The van der Waals surface area contributed by atoms with E-state index in [1.54, 1.807) is 12.1 Å². The molecular formula is C12H15N3O2S. The summed E-state index contributed by atoms with van der Waals surface area (Å²) in [6, 6.07) is 3.36. The summed E-state index contributed by atoms with van der Waals surface area (Å²) in [6.45, 7) is 6.72. The fourth-order valence-corrected chi connectivity index (χ4v) is 2.53. The second-order valence-corrected chi connectivity index (χ2v) is 5.84. The van der Waals surface area contributed by atoms with Crippen molar-refractivity contribution >= 4 is 32.9 Å². The molecule has 1 N–H and O–H groups in total. The lowest BCUT2D eigenvalue weighted by Gasteiger charge is -2.09. The van der Waals surface area contributed by atoms with Gasteiger partial charge in [0.1, 0.15) is 5.69 Å². The first kappa shape index (κ1) is 12.8. The van der Waals surface area contributed by atoms with E-state index < -0.39 is 0 Å². The first-order chi connectivity index (χ1) is 8.47. The van der Waals surface area contributed by atoms with Gasteiger partial charge in [-0.15, -0.1) is 11.3 Å². The molecule has 0 bridgehead atoms. The molecule has 0 saturated heterocycles. The fourth-order valence-electron chi connectivity index (χ4n) is 1.69. The number of nitro groups is 1. The van der Waals surface area contributed by atoms with Crippen LogP contribution in [0.25, 0.3) is 10.2 Å². The van der Waals surface area contributed by atoms with Gasteiger partial charge in [-0.05, 0) is 18.9 Å². The van der Waals surface area contributed by atoms with Crippen LogP contribution in [0.1, 0.15) is 18.9 Å². The van der Waals surface area contributed by atoms with Crippen molar-refractivity contribution in [2.75, 3.05) is 11.9 Å². The van der Waals surface area contributed by atoms with Crippen molar-refractivity contribution < 1.29 is 4.92 Å². The second kappa shape index (κ2) is 4.89. The average Bonchev–Trinajstić information content (AvgIpc) is 2.63. The van der Waals surface area contributed by atoms with Gasteiger partial charge in [-0.1, -0.05) is 13.8 Å². The number of rotatable bonds is 4. The van der Waals surface area contributed by atoms with Crippen LogP contribution in [-0.4, -0.2) is 16.5 Å². The number of hydrogen-bond acceptors (Lipinski definition) is 5. The van der Waals surface area contributed by atoms with E-state index in [1.165, 1.54) is 11.3 Å². The molecule has 0 radical (unpaired) electrons. The third kappa shape index (κ3) is 2.59. The molecule has 1 aromatic heterocycles. The number of nitrogens with one attached hydrogen (secondary N) is 1. The summed E-state index contributed by atoms with van der Waals surface area (Å²) in [4.78, 5) is 15.1. The molecule has 5 nitrogen and oxygen atoms in total. The van der Waals surface area contributed by atoms with Gasteiger partial charge in [0.05, 0.1) is 20.1 Å². The molecule has 0 atom stereocenters. The molecule has 0 saturated carbocycles. The molecule has 2 aromatic rings. The lowest BCUT2D eigenvalue weighted by atomic mass is 10.2. The lowest BCUT2D eigenvalue weighted by molar-refractivity contribution is -0.383. The van der Waals surface area contributed by atoms with Crippen LogP contribution in [0.15, 0.2) is 12.1 Å². The number of fused-ring (bicyclic) bond motifs is 1. The van der Waals surface area contributed by atoms with E-state index in [9.17, 15) is 10.1 Å². The Labute approximate surface area is 109 Å². The standard InChI is InChI=1S/C12H15N3O2S/c1-7(2)6-13-9-4-10-12(18-8(3)14-10)5-11(9)15(16)17/h4-5,7,13H,6H2,1-3H3. The molecule has 0 amide bonds. The van der Waals surface area contributed by atoms with Crippen molar-refractivity contribution in [3.8, 4) is 0 Å². The maximum atomic E-state index is 11.1. The van der Waals surface area contributed by atoms with Crippen LogP contribution >= 0.6 is 11.3 Å². The van der Waals surface area contributed by atoms with E-state index in [0.717, 1.165) is 15.2 Å². The lowest BCUT2D eigenvalue weighted by Crippen LogP contribution is -2.09. The summed E-state index contributed by atoms with van der Waals surface area (Å²) >= 11 is 1.47. The first-order valence-electron chi connectivity index (χ1n) is 5.77. The summed E-state index contributed by atoms with van der Waals surface area (Å²) in [5.74, 6) is 0.428. The molecule has 0 aliphatic heterocycles. The molecule has 1 aromatic carbocycles. The minimum absolute atomic E-state index is 0.117. The summed E-state index contributed by atoms with van der Waals surface area (Å²) < 4.78 is 0.856. The van der Waals surface area contributed by atoms with Crippen molar-refractivity contribution in [3.63, 3.8) is 0 Å². The predicted octanol–water partition coefficient (Wildman–Crippen LogP) is 3.58. The van der Waals surface area contributed by atoms with Crippen molar-refractivity contribution in [2.24, 2.45) is 5.92 Å². The van der Waals surface area contributed by atoms with Crippen molar-refractivity contribution in [1.29, 1.82) is 0 Å². The second-order valence-electron chi connectivity index (χ2n) is 4.60.